The van der Waals surface area contributed by atoms with E-state index < -0.39 is 0 Å². The molecule has 1 heterocycles. The molecule has 0 unspecified atom stereocenters. The van der Waals surface area contributed by atoms with E-state index in [1.54, 1.807) is 7.11 Å². The van der Waals surface area contributed by atoms with Crippen LogP contribution in [0.5, 0.6) is 5.75 Å². The largest absolute Gasteiger partial charge is 0.497 e. The number of anilines is 1. The van der Waals surface area contributed by atoms with Gasteiger partial charge in [0.25, 0.3) is 0 Å². The van der Waals surface area contributed by atoms with Gasteiger partial charge in [-0.1, -0.05) is 28.1 Å². The van der Waals surface area contributed by atoms with Gasteiger partial charge in [0.2, 0.25) is 0 Å². The van der Waals surface area contributed by atoms with Crippen LogP contribution in [0.3, 0.4) is 0 Å². The molecular formula is C19H14BrN3O. The van der Waals surface area contributed by atoms with Gasteiger partial charge in [0.1, 0.15) is 11.8 Å². The van der Waals surface area contributed by atoms with Crippen LogP contribution in [0.1, 0.15) is 5.69 Å². The Morgan fingerprint density at radius 3 is 2.25 bits per heavy atom. The molecular weight excluding hydrogens is 366 g/mol. The first-order chi connectivity index (χ1) is 11.6. The first-order valence-electron chi connectivity index (χ1n) is 7.23. The average Bonchev–Trinajstić information content (AvgIpc) is 2.63. The van der Waals surface area contributed by atoms with Crippen LogP contribution in [-0.2, 0) is 0 Å². The number of ether oxygens (including phenoxy) is 1. The summed E-state index contributed by atoms with van der Waals surface area (Å²) in [4.78, 5) is 4.38. The van der Waals surface area contributed by atoms with E-state index in [2.05, 4.69) is 27.0 Å². The molecule has 0 fully saturated rings. The van der Waals surface area contributed by atoms with Crippen molar-refractivity contribution >= 4 is 21.6 Å². The van der Waals surface area contributed by atoms with Gasteiger partial charge < -0.3 is 10.5 Å². The molecule has 0 bridgehead atoms. The lowest BCUT2D eigenvalue weighted by Crippen LogP contribution is -1.99. The minimum absolute atomic E-state index is 0.223. The van der Waals surface area contributed by atoms with Gasteiger partial charge in [0.05, 0.1) is 18.5 Å². The Balaban J connectivity index is 2.15. The molecule has 0 atom stereocenters. The number of rotatable bonds is 3. The summed E-state index contributed by atoms with van der Waals surface area (Å²) < 4.78 is 6.16. The summed E-state index contributed by atoms with van der Waals surface area (Å²) in [7, 11) is 1.62. The van der Waals surface area contributed by atoms with Gasteiger partial charge in [0, 0.05) is 15.6 Å². The number of hydrogen-bond donors (Lipinski definition) is 1. The van der Waals surface area contributed by atoms with Crippen molar-refractivity contribution in [1.29, 1.82) is 5.26 Å². The van der Waals surface area contributed by atoms with Crippen LogP contribution in [0, 0.1) is 11.3 Å². The molecule has 3 aromatic rings. The van der Waals surface area contributed by atoms with Crippen LogP contribution in [0.4, 0.5) is 5.69 Å². The van der Waals surface area contributed by atoms with Gasteiger partial charge >= 0.3 is 0 Å². The van der Waals surface area contributed by atoms with Crippen LogP contribution in [0.15, 0.2) is 59.1 Å². The van der Waals surface area contributed by atoms with E-state index in [4.69, 9.17) is 10.5 Å². The molecule has 0 saturated heterocycles. The lowest BCUT2D eigenvalue weighted by molar-refractivity contribution is 0.415. The minimum Gasteiger partial charge on any atom is -0.497 e. The fourth-order valence-electron chi connectivity index (χ4n) is 2.42. The van der Waals surface area contributed by atoms with Crippen molar-refractivity contribution < 1.29 is 4.74 Å². The van der Waals surface area contributed by atoms with E-state index in [0.717, 1.165) is 26.9 Å². The van der Waals surface area contributed by atoms with Crippen LogP contribution in [0.2, 0.25) is 0 Å². The summed E-state index contributed by atoms with van der Waals surface area (Å²) in [5, 5.41) is 9.37. The summed E-state index contributed by atoms with van der Waals surface area (Å²) in [5.74, 6) is 0.767. The second kappa shape index (κ2) is 6.73. The minimum atomic E-state index is 0.223. The quantitative estimate of drug-likeness (QED) is 0.719. The van der Waals surface area contributed by atoms with Gasteiger partial charge in [-0.2, -0.15) is 5.26 Å². The zero-order valence-corrected chi connectivity index (χ0v) is 14.5. The Morgan fingerprint density at radius 1 is 1.04 bits per heavy atom. The molecule has 0 aliphatic rings. The molecule has 0 radical (unpaired) electrons. The van der Waals surface area contributed by atoms with Crippen molar-refractivity contribution in [1.82, 2.24) is 4.98 Å². The van der Waals surface area contributed by atoms with Crippen molar-refractivity contribution in [3.8, 4) is 34.2 Å². The number of nitrogen functional groups attached to an aromatic ring is 1. The number of pyridine rings is 1. The second-order valence-corrected chi connectivity index (χ2v) is 6.08. The SMILES string of the molecule is COc1ccc(-c2cc(-c3ccc(Br)cc3)c(N)c(C#N)n2)cc1. The smallest absolute Gasteiger partial charge is 0.164 e. The first kappa shape index (κ1) is 16.0. The highest BCUT2D eigenvalue weighted by atomic mass is 79.9. The maximum atomic E-state index is 9.37. The predicted molar refractivity (Wildman–Crippen MR) is 98.5 cm³/mol. The Bertz CT molecular complexity index is 913. The maximum Gasteiger partial charge on any atom is 0.164 e. The number of aromatic nitrogens is 1. The van der Waals surface area contributed by atoms with E-state index in [1.165, 1.54) is 0 Å². The molecule has 0 aliphatic heterocycles. The predicted octanol–water partition coefficient (Wildman–Crippen LogP) is 4.64. The first-order valence-corrected chi connectivity index (χ1v) is 8.02. The fraction of sp³-hybridized carbons (Fsp3) is 0.0526. The molecule has 2 aromatic carbocycles. The molecule has 0 aliphatic carbocycles. The summed E-state index contributed by atoms with van der Waals surface area (Å²) >= 11 is 3.42. The normalized spacial score (nSPS) is 10.2. The van der Waals surface area contributed by atoms with Crippen LogP contribution >= 0.6 is 15.9 Å². The summed E-state index contributed by atoms with van der Waals surface area (Å²) in [5.41, 5.74) is 10.1. The van der Waals surface area contributed by atoms with Crippen LogP contribution in [-0.4, -0.2) is 12.1 Å². The van der Waals surface area contributed by atoms with E-state index in [-0.39, 0.29) is 5.69 Å². The summed E-state index contributed by atoms with van der Waals surface area (Å²) in [6.07, 6.45) is 0. The van der Waals surface area contributed by atoms with Gasteiger partial charge in [-0.15, -0.1) is 0 Å². The fourth-order valence-corrected chi connectivity index (χ4v) is 2.68. The molecule has 2 N–H and O–H groups in total. The third kappa shape index (κ3) is 3.10. The number of nitriles is 1. The second-order valence-electron chi connectivity index (χ2n) is 5.16. The molecule has 1 aromatic heterocycles. The Labute approximate surface area is 148 Å². The average molecular weight is 380 g/mol. The van der Waals surface area contributed by atoms with E-state index >= 15 is 0 Å². The zero-order valence-electron chi connectivity index (χ0n) is 13.0. The third-order valence-corrected chi connectivity index (χ3v) is 4.23. The zero-order chi connectivity index (χ0) is 17.1. The van der Waals surface area contributed by atoms with Gasteiger partial charge in [-0.3, -0.25) is 0 Å². The number of benzene rings is 2. The summed E-state index contributed by atoms with van der Waals surface area (Å²) in [6.45, 7) is 0. The lowest BCUT2D eigenvalue weighted by atomic mass is 10.0. The lowest BCUT2D eigenvalue weighted by Gasteiger charge is -2.11. The number of halogens is 1. The van der Waals surface area contributed by atoms with Crippen molar-refractivity contribution in [3.63, 3.8) is 0 Å². The number of nitrogens with zero attached hydrogens (tertiary/aromatic N) is 2. The topological polar surface area (TPSA) is 71.9 Å². The molecule has 24 heavy (non-hydrogen) atoms. The Kier molecular flexibility index (Phi) is 4.50. The molecule has 0 saturated carbocycles. The van der Waals surface area contributed by atoms with Gasteiger partial charge in [0.15, 0.2) is 5.69 Å². The van der Waals surface area contributed by atoms with Gasteiger partial charge in [-0.05, 0) is 48.0 Å². The molecule has 4 nitrogen and oxygen atoms in total. The van der Waals surface area contributed by atoms with E-state index in [0.29, 0.717) is 11.4 Å². The Hall–Kier alpha value is -2.84. The number of methoxy groups -OCH3 is 1. The van der Waals surface area contributed by atoms with E-state index in [9.17, 15) is 5.26 Å². The highest BCUT2D eigenvalue weighted by molar-refractivity contribution is 9.10. The number of nitrogens with two attached hydrogens (primary N) is 1. The van der Waals surface area contributed by atoms with E-state index in [1.807, 2.05) is 54.6 Å². The molecule has 0 spiro atoms. The maximum absolute atomic E-state index is 9.37. The molecule has 118 valence electrons. The van der Waals surface area contributed by atoms with Crippen LogP contribution in [0.25, 0.3) is 22.4 Å². The monoisotopic (exact) mass is 379 g/mol. The molecule has 3 rings (SSSR count). The molecule has 0 amide bonds. The van der Waals surface area contributed by atoms with Crippen molar-refractivity contribution in [2.45, 2.75) is 0 Å². The highest BCUT2D eigenvalue weighted by Crippen LogP contribution is 2.33. The number of hydrogen-bond acceptors (Lipinski definition) is 4. The molecule has 5 heteroatoms. The summed E-state index contributed by atoms with van der Waals surface area (Å²) in [6, 6.07) is 19.3. The Morgan fingerprint density at radius 2 is 1.67 bits per heavy atom. The van der Waals surface area contributed by atoms with Crippen LogP contribution < -0.4 is 10.5 Å². The highest BCUT2D eigenvalue weighted by Gasteiger charge is 2.13. The van der Waals surface area contributed by atoms with Gasteiger partial charge in [-0.25, -0.2) is 4.98 Å². The third-order valence-electron chi connectivity index (χ3n) is 3.71. The van der Waals surface area contributed by atoms with Crippen molar-refractivity contribution in [2.75, 3.05) is 12.8 Å². The van der Waals surface area contributed by atoms with Crippen molar-refractivity contribution in [2.24, 2.45) is 0 Å². The standard InChI is InChI=1S/C19H14BrN3O/c1-24-15-8-4-13(5-9-15)17-10-16(19(22)18(11-21)23-17)12-2-6-14(20)7-3-12/h2-10H,22H2,1H3. The van der Waals surface area contributed by atoms with Crippen molar-refractivity contribution in [3.05, 3.63) is 64.8 Å².